The van der Waals surface area contributed by atoms with E-state index in [0.29, 0.717) is 25.2 Å². The average Bonchev–Trinajstić information content (AvgIpc) is 3.28. The number of nitrogens with one attached hydrogen (secondary N) is 1. The third-order valence-corrected chi connectivity index (χ3v) is 8.89. The fraction of sp³-hybridized carbons (Fsp3) is 0.423. The first kappa shape index (κ1) is 24.4. The van der Waals surface area contributed by atoms with E-state index in [2.05, 4.69) is 29.8 Å². The van der Waals surface area contributed by atoms with Crippen molar-refractivity contribution in [2.45, 2.75) is 32.6 Å². The molecule has 34 heavy (non-hydrogen) atoms. The van der Waals surface area contributed by atoms with Gasteiger partial charge >= 0.3 is 0 Å². The van der Waals surface area contributed by atoms with Crippen LogP contribution in [0.2, 0.25) is 0 Å². The van der Waals surface area contributed by atoms with E-state index < -0.39 is 15.9 Å². The molecule has 0 saturated carbocycles. The summed E-state index contributed by atoms with van der Waals surface area (Å²) >= 11 is 0. The van der Waals surface area contributed by atoms with Gasteiger partial charge in [-0.3, -0.25) is 4.79 Å². The molecule has 3 N–H and O–H groups in total. The molecule has 1 aliphatic heterocycles. The maximum atomic E-state index is 12.9. The zero-order valence-corrected chi connectivity index (χ0v) is 20.8. The van der Waals surface area contributed by atoms with Crippen molar-refractivity contribution < 1.29 is 13.2 Å². The third-order valence-electron chi connectivity index (χ3n) is 7.04. The summed E-state index contributed by atoms with van der Waals surface area (Å²) in [6.45, 7) is 7.40. The number of benzene rings is 2. The number of hydrogen-bond acceptors (Lipinski definition) is 4. The highest BCUT2D eigenvalue weighted by Gasteiger charge is 2.30. The lowest BCUT2D eigenvalue weighted by Crippen LogP contribution is -2.41. The molecule has 4 rings (SSSR count). The SMILES string of the molecule is CCN(CC)CCS(=O)(=O)N1CCC(c2c[nH]c3c(C(N)=O)cc(-c4ccccc4)cc23)CC1. The Morgan fingerprint density at radius 2 is 1.76 bits per heavy atom. The Morgan fingerprint density at radius 3 is 2.38 bits per heavy atom. The van der Waals surface area contributed by atoms with Crippen LogP contribution in [0.25, 0.3) is 22.0 Å². The van der Waals surface area contributed by atoms with Crippen molar-refractivity contribution in [3.63, 3.8) is 0 Å². The lowest BCUT2D eigenvalue weighted by molar-refractivity contribution is 0.100. The lowest BCUT2D eigenvalue weighted by Gasteiger charge is -2.32. The molecule has 0 spiro atoms. The van der Waals surface area contributed by atoms with Gasteiger partial charge in [-0.2, -0.15) is 0 Å². The van der Waals surface area contributed by atoms with Crippen LogP contribution >= 0.6 is 0 Å². The summed E-state index contributed by atoms with van der Waals surface area (Å²) in [6, 6.07) is 13.9. The van der Waals surface area contributed by atoms with E-state index in [0.717, 1.165) is 53.5 Å². The molecule has 0 atom stereocenters. The molecule has 1 aromatic heterocycles. The van der Waals surface area contributed by atoms with E-state index in [1.54, 1.807) is 4.31 Å². The molecule has 2 aromatic carbocycles. The lowest BCUT2D eigenvalue weighted by atomic mass is 9.88. The maximum Gasteiger partial charge on any atom is 0.250 e. The van der Waals surface area contributed by atoms with Crippen molar-refractivity contribution in [2.75, 3.05) is 38.5 Å². The van der Waals surface area contributed by atoms with Crippen LogP contribution in [0.4, 0.5) is 0 Å². The number of sulfonamides is 1. The predicted molar refractivity (Wildman–Crippen MR) is 137 cm³/mol. The molecule has 1 aliphatic rings. The quantitative estimate of drug-likeness (QED) is 0.485. The van der Waals surface area contributed by atoms with Gasteiger partial charge < -0.3 is 15.6 Å². The first-order chi connectivity index (χ1) is 16.3. The summed E-state index contributed by atoms with van der Waals surface area (Å²) in [7, 11) is -3.27. The normalized spacial score (nSPS) is 15.9. The third kappa shape index (κ3) is 5.04. The summed E-state index contributed by atoms with van der Waals surface area (Å²) in [5.74, 6) is -0.0884. The van der Waals surface area contributed by atoms with E-state index in [1.165, 1.54) is 0 Å². The molecule has 1 saturated heterocycles. The number of primary amides is 1. The molecule has 0 bridgehead atoms. The molecule has 0 aliphatic carbocycles. The van der Waals surface area contributed by atoms with E-state index in [9.17, 15) is 13.2 Å². The van der Waals surface area contributed by atoms with Crippen LogP contribution in [0.1, 0.15) is 48.5 Å². The molecule has 0 unspecified atom stereocenters. The molecule has 182 valence electrons. The molecular formula is C26H34N4O3S. The molecule has 2 heterocycles. The molecule has 7 nitrogen and oxygen atoms in total. The van der Waals surface area contributed by atoms with Gasteiger partial charge in [0.1, 0.15) is 0 Å². The maximum absolute atomic E-state index is 12.9. The summed E-state index contributed by atoms with van der Waals surface area (Å²) in [6.07, 6.45) is 3.46. The Morgan fingerprint density at radius 1 is 1.09 bits per heavy atom. The number of piperidine rings is 1. The number of amides is 1. The second-order valence-electron chi connectivity index (χ2n) is 8.94. The standard InChI is InChI=1S/C26H34N4O3S/c1-3-29(4-2)14-15-34(32,33)30-12-10-20(11-13-30)24-18-28-25-22(24)16-21(17-23(25)26(27)31)19-8-6-5-7-9-19/h5-9,16-18,20,28H,3-4,10-15H2,1-2H3,(H2,27,31). The fourth-order valence-corrected chi connectivity index (χ4v) is 6.45. The Bertz CT molecular complexity index is 1240. The van der Waals surface area contributed by atoms with Crippen molar-refractivity contribution >= 4 is 26.8 Å². The topological polar surface area (TPSA) is 99.5 Å². The first-order valence-corrected chi connectivity index (χ1v) is 13.6. The van der Waals surface area contributed by atoms with E-state index in [-0.39, 0.29) is 11.7 Å². The Balaban J connectivity index is 1.56. The number of carbonyl (C=O) groups is 1. The Hall–Kier alpha value is -2.68. The number of hydrogen-bond donors (Lipinski definition) is 2. The monoisotopic (exact) mass is 482 g/mol. The zero-order valence-electron chi connectivity index (χ0n) is 20.0. The van der Waals surface area contributed by atoms with Gasteiger partial charge in [-0.05, 0) is 60.7 Å². The van der Waals surface area contributed by atoms with Crippen LogP contribution in [0, 0.1) is 0 Å². The van der Waals surface area contributed by atoms with Crippen LogP contribution in [0.15, 0.2) is 48.7 Å². The zero-order chi connectivity index (χ0) is 24.3. The van der Waals surface area contributed by atoms with Gasteiger partial charge in [-0.25, -0.2) is 12.7 Å². The number of fused-ring (bicyclic) bond motifs is 1. The Labute approximate surface area is 202 Å². The molecule has 0 radical (unpaired) electrons. The van der Waals surface area contributed by atoms with Gasteiger partial charge in [0.25, 0.3) is 5.91 Å². The van der Waals surface area contributed by atoms with Crippen LogP contribution < -0.4 is 5.73 Å². The summed E-state index contributed by atoms with van der Waals surface area (Å²) < 4.78 is 27.4. The second kappa shape index (κ2) is 10.3. The number of nitrogens with zero attached hydrogens (tertiary/aromatic N) is 2. The van der Waals surface area contributed by atoms with Crippen molar-refractivity contribution in [2.24, 2.45) is 5.73 Å². The smallest absolute Gasteiger partial charge is 0.250 e. The van der Waals surface area contributed by atoms with Crippen molar-refractivity contribution in [1.82, 2.24) is 14.2 Å². The highest BCUT2D eigenvalue weighted by atomic mass is 32.2. The molecule has 8 heteroatoms. The van der Waals surface area contributed by atoms with Crippen molar-refractivity contribution in [1.29, 1.82) is 0 Å². The van der Waals surface area contributed by atoms with E-state index in [4.69, 9.17) is 5.73 Å². The highest BCUT2D eigenvalue weighted by Crippen LogP contribution is 2.37. The van der Waals surface area contributed by atoms with E-state index >= 15 is 0 Å². The van der Waals surface area contributed by atoms with Gasteiger partial charge in [0.05, 0.1) is 16.8 Å². The first-order valence-electron chi connectivity index (χ1n) is 12.0. The van der Waals surface area contributed by atoms with Gasteiger partial charge in [0.15, 0.2) is 0 Å². The predicted octanol–water partition coefficient (Wildman–Crippen LogP) is 3.78. The average molecular weight is 483 g/mol. The van der Waals surface area contributed by atoms with Gasteiger partial charge in [0.2, 0.25) is 10.0 Å². The molecular weight excluding hydrogens is 448 g/mol. The number of aromatic nitrogens is 1. The number of H-pyrrole nitrogens is 1. The minimum absolute atomic E-state index is 0.162. The van der Waals surface area contributed by atoms with E-state index in [1.807, 2.05) is 42.6 Å². The number of nitrogens with two attached hydrogens (primary N) is 1. The molecule has 1 amide bonds. The summed E-state index contributed by atoms with van der Waals surface area (Å²) in [4.78, 5) is 17.6. The van der Waals surface area contributed by atoms with Gasteiger partial charge in [0, 0.05) is 31.2 Å². The number of carbonyl (C=O) groups excluding carboxylic acids is 1. The fourth-order valence-electron chi connectivity index (χ4n) is 4.94. The number of aromatic amines is 1. The summed E-state index contributed by atoms with van der Waals surface area (Å²) in [5.41, 5.74) is 10.0. The van der Waals surface area contributed by atoms with Crippen molar-refractivity contribution in [3.05, 3.63) is 59.8 Å². The largest absolute Gasteiger partial charge is 0.366 e. The van der Waals surface area contributed by atoms with Gasteiger partial charge in [-0.15, -0.1) is 0 Å². The van der Waals surface area contributed by atoms with Crippen LogP contribution in [0.5, 0.6) is 0 Å². The van der Waals surface area contributed by atoms with Crippen LogP contribution in [-0.4, -0.2) is 67.0 Å². The highest BCUT2D eigenvalue weighted by molar-refractivity contribution is 7.89. The second-order valence-corrected chi connectivity index (χ2v) is 11.0. The minimum Gasteiger partial charge on any atom is -0.366 e. The minimum atomic E-state index is -3.27. The van der Waals surface area contributed by atoms with Crippen LogP contribution in [0.3, 0.4) is 0 Å². The van der Waals surface area contributed by atoms with Gasteiger partial charge in [-0.1, -0.05) is 44.2 Å². The molecule has 3 aromatic rings. The van der Waals surface area contributed by atoms with Crippen molar-refractivity contribution in [3.8, 4) is 11.1 Å². The summed E-state index contributed by atoms with van der Waals surface area (Å²) in [5, 5.41) is 0.984. The van der Waals surface area contributed by atoms with Crippen LogP contribution in [-0.2, 0) is 10.0 Å². The Kier molecular flexibility index (Phi) is 7.40. The molecule has 1 fully saturated rings. The number of rotatable bonds is 9.